The number of hydrogen-bond donors (Lipinski definition) is 4. The van der Waals surface area contributed by atoms with Crippen molar-refractivity contribution >= 4 is 40.0 Å². The van der Waals surface area contributed by atoms with Gasteiger partial charge in [-0.15, -0.1) is 8.42 Å². The van der Waals surface area contributed by atoms with Gasteiger partial charge in [-0.2, -0.15) is 0 Å². The summed E-state index contributed by atoms with van der Waals surface area (Å²) in [6.07, 6.45) is -2.71. The van der Waals surface area contributed by atoms with Crippen LogP contribution in [0.2, 0.25) is 0 Å². The number of carbonyl (C=O) groups is 1. The summed E-state index contributed by atoms with van der Waals surface area (Å²) in [5, 5.41) is 44.9. The lowest BCUT2D eigenvalue weighted by Crippen LogP contribution is -2.60. The van der Waals surface area contributed by atoms with Gasteiger partial charge < -0.3 is 76.3 Å². The number of fused-ring (bicyclic) bond motifs is 6. The van der Waals surface area contributed by atoms with Crippen LogP contribution in [0.5, 0.6) is 40.2 Å². The monoisotopic (exact) mass is 1340 g/mol. The molecule has 0 bridgehead atoms. The van der Waals surface area contributed by atoms with Gasteiger partial charge >= 0.3 is 10.4 Å². The summed E-state index contributed by atoms with van der Waals surface area (Å²) in [5.74, 6) is 0.941. The number of rotatable bonds is 31. The number of azide groups is 1. The van der Waals surface area contributed by atoms with E-state index in [0.29, 0.717) is 74.4 Å². The van der Waals surface area contributed by atoms with Crippen LogP contribution >= 0.6 is 0 Å². The second kappa shape index (κ2) is 32.2. The predicted octanol–water partition coefficient (Wildman–Crippen LogP) is 7.41. The van der Waals surface area contributed by atoms with Crippen molar-refractivity contribution in [3.8, 4) is 40.2 Å². The standard InChI is InChI=1S/C69H80N8O18S/c1-75(2)35-43-22-44(41-90-62-31-56-51(29-60(62)85-3)38-76-36-49-9-6-5-8-46(49)25-53(76)33-71-56)24-45(23-43)42-91-63-32-57-52(30-61(63)86-4)39-77-37-50-27-55(13-11-47(50)26-54(77)34-72-57)94-96(83,84)95-64-28-48(12-14-59(64)92-69-68(82)67(81)66(80)65(40-78)93-69)58(79)10-7-16-87-18-20-89-21-19-88-17-15-73-74-70/h5-6,8-9,11-14,22-24,27-34,53-54,65-69,78,80-82H,7,10,15-21,25-26,35-42H2,1-4H3/t53-,54-,65+,66-,67-,68+,69?/m0/s1. The van der Waals surface area contributed by atoms with E-state index in [-0.39, 0.29) is 81.8 Å². The van der Waals surface area contributed by atoms with Crippen LogP contribution in [0.4, 0.5) is 11.4 Å². The number of hydrogen-bond acceptors (Lipinski definition) is 24. The van der Waals surface area contributed by atoms with Gasteiger partial charge in [-0.25, -0.2) is 0 Å². The van der Waals surface area contributed by atoms with Gasteiger partial charge in [0.25, 0.3) is 0 Å². The number of ketones is 1. The molecule has 5 aliphatic heterocycles. The Kier molecular flexibility index (Phi) is 23.2. The molecule has 7 atom stereocenters. The van der Waals surface area contributed by atoms with Crippen LogP contribution in [0.1, 0.15) is 73.3 Å². The van der Waals surface area contributed by atoms with Crippen LogP contribution < -0.4 is 32.1 Å². The molecule has 0 radical (unpaired) electrons. The topological polar surface area (TPSA) is 317 Å². The van der Waals surface area contributed by atoms with Crippen molar-refractivity contribution < 1.29 is 84.6 Å². The minimum absolute atomic E-state index is 0.00267. The molecule has 0 aromatic heterocycles. The number of benzene rings is 6. The maximum absolute atomic E-state index is 13.9. The number of ether oxygens (including phenoxy) is 9. The summed E-state index contributed by atoms with van der Waals surface area (Å²) >= 11 is 0. The molecule has 4 N–H and O–H groups in total. The maximum Gasteiger partial charge on any atom is 0.501 e. The third-order valence-corrected chi connectivity index (χ3v) is 17.9. The quantitative estimate of drug-likeness (QED) is 0.0108. The Balaban J connectivity index is 0.728. The average molecular weight is 1340 g/mol. The summed E-state index contributed by atoms with van der Waals surface area (Å²) in [7, 11) is 2.30. The Bertz CT molecular complexity index is 3940. The summed E-state index contributed by atoms with van der Waals surface area (Å²) in [6, 6.07) is 31.5. The number of aliphatic hydroxyl groups is 4. The zero-order chi connectivity index (χ0) is 67.3. The van der Waals surface area contributed by atoms with Crippen LogP contribution in [0.25, 0.3) is 10.4 Å². The van der Waals surface area contributed by atoms with Crippen molar-refractivity contribution in [1.29, 1.82) is 0 Å². The second-order valence-electron chi connectivity index (χ2n) is 24.2. The first-order chi connectivity index (χ1) is 46.5. The molecule has 0 spiro atoms. The fraction of sp³-hybridized carbons (Fsp3) is 0.435. The van der Waals surface area contributed by atoms with Crippen LogP contribution in [0.3, 0.4) is 0 Å². The third kappa shape index (κ3) is 17.5. The van der Waals surface area contributed by atoms with Gasteiger partial charge in [0.2, 0.25) is 6.29 Å². The van der Waals surface area contributed by atoms with Gasteiger partial charge in [0.15, 0.2) is 40.3 Å². The molecule has 0 saturated carbocycles. The average Bonchev–Trinajstić information content (AvgIpc) is 1.49. The fourth-order valence-electron chi connectivity index (χ4n) is 12.3. The van der Waals surface area contributed by atoms with E-state index < -0.39 is 59.2 Å². The number of carbonyl (C=O) groups excluding carboxylic acids is 1. The summed E-state index contributed by atoms with van der Waals surface area (Å²) < 4.78 is 91.7. The van der Waals surface area contributed by atoms with Crippen molar-refractivity contribution in [2.45, 2.75) is 114 Å². The summed E-state index contributed by atoms with van der Waals surface area (Å²) in [4.78, 5) is 32.9. The normalized spacial score (nSPS) is 20.4. The van der Waals surface area contributed by atoms with E-state index >= 15 is 0 Å². The smallest absolute Gasteiger partial charge is 0.493 e. The van der Waals surface area contributed by atoms with Gasteiger partial charge in [-0.05, 0) is 137 Å². The van der Waals surface area contributed by atoms with Gasteiger partial charge in [0.05, 0.1) is 65.2 Å². The van der Waals surface area contributed by atoms with E-state index in [1.807, 2.05) is 44.6 Å². The molecule has 1 saturated heterocycles. The molecule has 1 fully saturated rings. The van der Waals surface area contributed by atoms with Crippen LogP contribution in [-0.2, 0) is 88.1 Å². The van der Waals surface area contributed by atoms with Crippen LogP contribution in [0.15, 0.2) is 118 Å². The molecule has 0 amide bonds. The van der Waals surface area contributed by atoms with E-state index in [4.69, 9.17) is 66.5 Å². The van der Waals surface area contributed by atoms with Crippen molar-refractivity contribution in [3.63, 3.8) is 0 Å². The van der Waals surface area contributed by atoms with E-state index in [1.165, 1.54) is 29.3 Å². The number of nitrogens with zero attached hydrogens (tertiary/aromatic N) is 8. The fourth-order valence-corrected chi connectivity index (χ4v) is 13.0. The Morgan fingerprint density at radius 1 is 0.635 bits per heavy atom. The van der Waals surface area contributed by atoms with E-state index in [0.717, 1.165) is 70.2 Å². The first-order valence-corrected chi connectivity index (χ1v) is 33.1. The van der Waals surface area contributed by atoms with E-state index in [9.17, 15) is 33.6 Å². The lowest BCUT2D eigenvalue weighted by atomic mass is 9.94. The van der Waals surface area contributed by atoms with Crippen molar-refractivity contribution in [2.75, 3.05) is 81.1 Å². The van der Waals surface area contributed by atoms with Crippen molar-refractivity contribution in [3.05, 3.63) is 169 Å². The molecule has 0 aliphatic carbocycles. The molecule has 5 heterocycles. The number of aliphatic hydroxyl groups excluding tert-OH is 4. The lowest BCUT2D eigenvalue weighted by molar-refractivity contribution is -0.277. The molecule has 96 heavy (non-hydrogen) atoms. The maximum atomic E-state index is 13.9. The molecule has 5 aliphatic rings. The first kappa shape index (κ1) is 69.1. The highest BCUT2D eigenvalue weighted by Gasteiger charge is 2.45. The largest absolute Gasteiger partial charge is 0.501 e. The zero-order valence-corrected chi connectivity index (χ0v) is 54.8. The van der Waals surface area contributed by atoms with Crippen molar-refractivity contribution in [2.24, 2.45) is 15.1 Å². The molecular formula is C69H80N8O18S. The highest BCUT2D eigenvalue weighted by Crippen LogP contribution is 2.42. The molecule has 1 unspecified atom stereocenters. The highest BCUT2D eigenvalue weighted by atomic mass is 32.3. The van der Waals surface area contributed by atoms with Gasteiger partial charge in [0.1, 0.15) is 43.4 Å². The molecule has 11 rings (SSSR count). The Morgan fingerprint density at radius 2 is 1.22 bits per heavy atom. The molecule has 6 aromatic rings. The molecule has 6 aromatic carbocycles. The zero-order valence-electron chi connectivity index (χ0n) is 53.9. The lowest BCUT2D eigenvalue weighted by Gasteiger charge is -2.39. The number of aliphatic imine (C=N–C) groups is 2. The van der Waals surface area contributed by atoms with Gasteiger partial charge in [-0.3, -0.25) is 24.6 Å². The number of methoxy groups -OCH3 is 2. The van der Waals surface area contributed by atoms with Crippen molar-refractivity contribution in [1.82, 2.24) is 14.7 Å². The Morgan fingerprint density at radius 3 is 1.83 bits per heavy atom. The third-order valence-electron chi connectivity index (χ3n) is 17.1. The molecule has 510 valence electrons. The molecule has 26 nitrogen and oxygen atoms in total. The Labute approximate surface area is 557 Å². The summed E-state index contributed by atoms with van der Waals surface area (Å²) in [5.41, 5.74) is 19.3. The second-order valence-corrected chi connectivity index (χ2v) is 25.4. The van der Waals surface area contributed by atoms with E-state index in [1.54, 1.807) is 26.4 Å². The van der Waals surface area contributed by atoms with Gasteiger partial charge in [0, 0.05) is 99.4 Å². The minimum Gasteiger partial charge on any atom is -0.493 e. The van der Waals surface area contributed by atoms with Crippen LogP contribution in [0, 0.1) is 0 Å². The van der Waals surface area contributed by atoms with E-state index in [2.05, 4.69) is 73.4 Å². The predicted molar refractivity (Wildman–Crippen MR) is 352 cm³/mol. The van der Waals surface area contributed by atoms with Gasteiger partial charge in [-0.1, -0.05) is 47.6 Å². The van der Waals surface area contributed by atoms with Crippen LogP contribution in [-0.4, -0.2) is 186 Å². The molecular weight excluding hydrogens is 1260 g/mol. The highest BCUT2D eigenvalue weighted by molar-refractivity contribution is 7.82. The Hall–Kier alpha value is -8.25. The number of Topliss-reactive ketones (excluding diaryl/α,β-unsaturated/α-hetero) is 1. The molecule has 27 heteroatoms. The SMILES string of the molecule is COc1cc2c(cc1OCc1cc(COc3cc4c(cc3OC)CN3Cc5cc(OS(=O)(=O)Oc6cc(C(=O)CCCOCCOCCOCCN=[N+]=[N-])ccc6OC6O[C@H](CO)[C@H](O)[C@H](O)[C@H]6O)ccc5C[C@H]3C=N4)cc(CN(C)C)c1)N=C[C@@H]1Cc3ccccc3CN1C2. The summed E-state index contributed by atoms with van der Waals surface area (Å²) in [6.45, 7) is 4.76. The first-order valence-electron chi connectivity index (χ1n) is 31.8. The minimum atomic E-state index is -5.01.